The van der Waals surface area contributed by atoms with Gasteiger partial charge in [0.25, 0.3) is 0 Å². The van der Waals surface area contributed by atoms with Crippen molar-refractivity contribution in [3.8, 4) is 6.07 Å². The third kappa shape index (κ3) is 4.08. The van der Waals surface area contributed by atoms with Crippen LogP contribution < -0.4 is 28.3 Å². The van der Waals surface area contributed by atoms with Crippen molar-refractivity contribution in [3.63, 3.8) is 0 Å². The number of fused-ring (bicyclic) bond motifs is 1. The average Bonchev–Trinajstić information content (AvgIpc) is 3.25. The summed E-state index contributed by atoms with van der Waals surface area (Å²) in [5, 5.41) is 14.6. The van der Waals surface area contributed by atoms with Crippen LogP contribution in [0.5, 0.6) is 0 Å². The number of halogens is 1. The molecule has 0 aliphatic rings. The first-order valence-corrected chi connectivity index (χ1v) is 13.1. The van der Waals surface area contributed by atoms with Crippen molar-refractivity contribution in [2.45, 2.75) is 6.16 Å². The summed E-state index contributed by atoms with van der Waals surface area (Å²) in [6, 6.07) is 43.5. The van der Waals surface area contributed by atoms with E-state index >= 15 is 0 Å². The van der Waals surface area contributed by atoms with Crippen LogP contribution in [0.15, 0.2) is 115 Å². The van der Waals surface area contributed by atoms with E-state index in [1.54, 1.807) is 0 Å². The van der Waals surface area contributed by atoms with Gasteiger partial charge in [-0.05, 0) is 66.0 Å². The summed E-state index contributed by atoms with van der Waals surface area (Å²) in [4.78, 5) is 1.36. The molecule has 0 unspecified atom stereocenters. The van der Waals surface area contributed by atoms with E-state index in [0.29, 0.717) is 5.56 Å². The normalized spacial score (nSPS) is 11.0. The van der Waals surface area contributed by atoms with Gasteiger partial charge in [-0.3, -0.25) is 0 Å². The third-order valence-electron chi connectivity index (χ3n) is 5.68. The number of hydrogen-bond donors (Lipinski definition) is 0. The molecule has 5 aromatic rings. The van der Waals surface area contributed by atoms with Gasteiger partial charge in [-0.1, -0.05) is 54.6 Å². The van der Waals surface area contributed by atoms with Crippen molar-refractivity contribution < 1.29 is 12.4 Å². The number of nitriles is 1. The molecule has 0 spiro atoms. The summed E-state index contributed by atoms with van der Waals surface area (Å²) in [5.41, 5.74) is 0.715. The Hall–Kier alpha value is -2.95. The van der Waals surface area contributed by atoms with Crippen LogP contribution >= 0.6 is 18.6 Å². The van der Waals surface area contributed by atoms with Crippen LogP contribution in [0.25, 0.3) is 10.1 Å². The Kier molecular flexibility index (Phi) is 6.73. The summed E-state index contributed by atoms with van der Waals surface area (Å²) in [5.74, 6) is 0. The van der Waals surface area contributed by atoms with Gasteiger partial charge in [0.2, 0.25) is 0 Å². The van der Waals surface area contributed by atoms with Crippen molar-refractivity contribution >= 4 is 44.6 Å². The minimum absolute atomic E-state index is 0. The maximum absolute atomic E-state index is 9.30. The Morgan fingerprint density at radius 3 is 1.62 bits per heavy atom. The summed E-state index contributed by atoms with van der Waals surface area (Å²) in [6.07, 6.45) is 0.965. The van der Waals surface area contributed by atoms with E-state index in [2.05, 4.69) is 109 Å². The molecular weight excluding hydrogens is 449 g/mol. The zero-order valence-electron chi connectivity index (χ0n) is 17.4. The first-order valence-electron chi connectivity index (χ1n) is 10.3. The van der Waals surface area contributed by atoms with E-state index in [-0.39, 0.29) is 12.4 Å². The van der Waals surface area contributed by atoms with Gasteiger partial charge < -0.3 is 12.4 Å². The van der Waals surface area contributed by atoms with Gasteiger partial charge >= 0.3 is 0 Å². The van der Waals surface area contributed by atoms with Gasteiger partial charge in [0, 0.05) is 9.58 Å². The second-order valence-electron chi connectivity index (χ2n) is 7.55. The van der Waals surface area contributed by atoms with E-state index in [1.807, 2.05) is 23.5 Å². The summed E-state index contributed by atoms with van der Waals surface area (Å²) in [7, 11) is -1.90. The van der Waals surface area contributed by atoms with Crippen LogP contribution in [0.4, 0.5) is 0 Å². The molecule has 0 amide bonds. The molecule has 5 rings (SSSR count). The molecule has 1 nitrogen and oxygen atoms in total. The molecule has 0 bridgehead atoms. The minimum atomic E-state index is -1.90. The quantitative estimate of drug-likeness (QED) is 0.362. The number of rotatable bonds is 5. The van der Waals surface area contributed by atoms with Crippen LogP contribution in [-0.2, 0) is 6.16 Å². The molecule has 156 valence electrons. The van der Waals surface area contributed by atoms with Gasteiger partial charge in [-0.25, -0.2) is 0 Å². The zero-order valence-corrected chi connectivity index (χ0v) is 19.8. The van der Waals surface area contributed by atoms with E-state index in [0.717, 1.165) is 11.5 Å². The molecule has 0 radical (unpaired) electrons. The van der Waals surface area contributed by atoms with Crippen LogP contribution in [0.3, 0.4) is 0 Å². The Labute approximate surface area is 199 Å². The molecule has 0 aliphatic carbocycles. The topological polar surface area (TPSA) is 23.8 Å². The van der Waals surface area contributed by atoms with Crippen LogP contribution in [0.1, 0.15) is 10.4 Å². The predicted molar refractivity (Wildman–Crippen MR) is 135 cm³/mol. The molecule has 1 heterocycles. The average molecular weight is 470 g/mol. The lowest BCUT2D eigenvalue weighted by atomic mass is 10.2. The summed E-state index contributed by atoms with van der Waals surface area (Å²) >= 11 is 1.85. The molecule has 0 saturated carbocycles. The SMILES string of the molecule is N#Cc1ccc2sc(C[P+](c3ccccc3)(c3ccccc3)c3ccccc3)cc2c1.[Cl-]. The molecule has 0 N–H and O–H groups in total. The van der Waals surface area contributed by atoms with Gasteiger partial charge in [0.05, 0.1) is 11.6 Å². The Balaban J connectivity index is 0.00000245. The molecular formula is C28H21ClNPS. The first-order chi connectivity index (χ1) is 15.3. The van der Waals surface area contributed by atoms with Gasteiger partial charge in [-0.2, -0.15) is 5.26 Å². The highest BCUT2D eigenvalue weighted by atomic mass is 35.5. The van der Waals surface area contributed by atoms with E-state index in [4.69, 9.17) is 0 Å². The van der Waals surface area contributed by atoms with Gasteiger partial charge in [0.1, 0.15) is 29.3 Å². The number of hydrogen-bond acceptors (Lipinski definition) is 2. The standard InChI is InChI=1S/C28H21NPS.ClH/c29-20-22-16-17-28-23(18-22)19-27(31-28)21-30(24-10-4-1-5-11-24,25-12-6-2-7-13-25)26-14-8-3-9-15-26;/h1-19H,21H2;1H/q+1;/p-1. The van der Waals surface area contributed by atoms with Crippen molar-refractivity contribution in [1.82, 2.24) is 0 Å². The minimum Gasteiger partial charge on any atom is -1.00 e. The van der Waals surface area contributed by atoms with Gasteiger partial charge in [0.15, 0.2) is 0 Å². The Morgan fingerprint density at radius 1 is 0.656 bits per heavy atom. The van der Waals surface area contributed by atoms with Gasteiger partial charge in [-0.15, -0.1) is 11.3 Å². The fraction of sp³-hybridized carbons (Fsp3) is 0.0357. The first kappa shape index (κ1) is 22.3. The smallest absolute Gasteiger partial charge is 0.117 e. The second-order valence-corrected chi connectivity index (χ2v) is 12.2. The summed E-state index contributed by atoms with van der Waals surface area (Å²) in [6.45, 7) is 0. The highest BCUT2D eigenvalue weighted by Gasteiger charge is 2.45. The number of nitrogens with zero attached hydrogens (tertiary/aromatic N) is 1. The molecule has 32 heavy (non-hydrogen) atoms. The number of benzene rings is 4. The molecule has 0 atom stereocenters. The van der Waals surface area contributed by atoms with Crippen LogP contribution in [0.2, 0.25) is 0 Å². The lowest BCUT2D eigenvalue weighted by molar-refractivity contribution is -0.00000608. The predicted octanol–water partition coefficient (Wildman–Crippen LogP) is 3.27. The van der Waals surface area contributed by atoms with Crippen molar-refractivity contribution in [2.24, 2.45) is 0 Å². The molecule has 1 aromatic heterocycles. The largest absolute Gasteiger partial charge is 1.00 e. The molecule has 4 heteroatoms. The highest BCUT2D eigenvalue weighted by Crippen LogP contribution is 2.59. The van der Waals surface area contributed by atoms with Crippen molar-refractivity contribution in [3.05, 3.63) is 126 Å². The van der Waals surface area contributed by atoms with Crippen LogP contribution in [-0.4, -0.2) is 0 Å². The Bertz CT molecular complexity index is 1260. The maximum atomic E-state index is 9.30. The van der Waals surface area contributed by atoms with E-state index in [9.17, 15) is 5.26 Å². The second kappa shape index (κ2) is 9.68. The van der Waals surface area contributed by atoms with Crippen molar-refractivity contribution in [2.75, 3.05) is 0 Å². The fourth-order valence-corrected chi connectivity index (χ4v) is 9.97. The number of thiophene rings is 1. The van der Waals surface area contributed by atoms with Crippen LogP contribution in [0, 0.1) is 11.3 Å². The molecule has 4 aromatic carbocycles. The zero-order chi connectivity index (χ0) is 21.1. The van der Waals surface area contributed by atoms with E-state index < -0.39 is 7.26 Å². The van der Waals surface area contributed by atoms with E-state index in [1.165, 1.54) is 25.5 Å². The highest BCUT2D eigenvalue weighted by molar-refractivity contribution is 7.95. The van der Waals surface area contributed by atoms with Crippen molar-refractivity contribution in [1.29, 1.82) is 5.26 Å². The Morgan fingerprint density at radius 2 is 1.16 bits per heavy atom. The maximum Gasteiger partial charge on any atom is 0.117 e. The molecule has 0 aliphatic heterocycles. The lowest BCUT2D eigenvalue weighted by Crippen LogP contribution is -3.00. The lowest BCUT2D eigenvalue weighted by Gasteiger charge is -2.27. The molecule has 0 fully saturated rings. The summed E-state index contributed by atoms with van der Waals surface area (Å²) < 4.78 is 1.24. The monoisotopic (exact) mass is 469 g/mol. The molecule has 0 saturated heterocycles. The fourth-order valence-electron chi connectivity index (χ4n) is 4.25. The third-order valence-corrected chi connectivity index (χ3v) is 11.4.